The summed E-state index contributed by atoms with van der Waals surface area (Å²) in [6.07, 6.45) is 6.82. The van der Waals surface area contributed by atoms with Crippen molar-refractivity contribution in [1.82, 2.24) is 24.6 Å². The van der Waals surface area contributed by atoms with Crippen molar-refractivity contribution >= 4 is 40.5 Å². The Labute approximate surface area is 257 Å². The molecule has 2 aliphatic rings. The molecule has 1 fully saturated rings. The van der Waals surface area contributed by atoms with Crippen molar-refractivity contribution in [2.75, 3.05) is 57.0 Å². The lowest BCUT2D eigenvalue weighted by Crippen LogP contribution is -2.42. The third kappa shape index (κ3) is 6.55. The van der Waals surface area contributed by atoms with E-state index in [-0.39, 0.29) is 35.9 Å². The zero-order valence-corrected chi connectivity index (χ0v) is 25.4. The molecule has 3 aromatic rings. The lowest BCUT2D eigenvalue weighted by molar-refractivity contribution is -0.132. The number of nitrogen functional groups attached to an aromatic ring is 1. The summed E-state index contributed by atoms with van der Waals surface area (Å²) in [7, 11) is 3.26. The van der Waals surface area contributed by atoms with Crippen LogP contribution in [0.3, 0.4) is 0 Å². The molecule has 1 aromatic carbocycles. The van der Waals surface area contributed by atoms with E-state index in [2.05, 4.69) is 21.1 Å². The SMILES string of the molecule is CCN(C(=O)[C@@H]1CCN(CC(=O)N2CC=C(c3ccc(C(=N)OC)cc3)CC2)C1)c1ccc(N)c(C(=N)c2cnn(C)c2)n1. The van der Waals surface area contributed by atoms with Gasteiger partial charge in [0.15, 0.2) is 0 Å². The van der Waals surface area contributed by atoms with Crippen LogP contribution in [0.2, 0.25) is 0 Å². The average Bonchev–Trinajstić information content (AvgIpc) is 3.70. The molecule has 1 saturated heterocycles. The number of nitrogens with zero attached hydrogens (tertiary/aromatic N) is 6. The number of rotatable bonds is 9. The Morgan fingerprint density at radius 3 is 2.52 bits per heavy atom. The van der Waals surface area contributed by atoms with Gasteiger partial charge < -0.3 is 15.4 Å². The first-order valence-corrected chi connectivity index (χ1v) is 14.8. The summed E-state index contributed by atoms with van der Waals surface area (Å²) in [4.78, 5) is 37.0. The zero-order valence-electron chi connectivity index (χ0n) is 25.4. The number of pyridine rings is 1. The Balaban J connectivity index is 1.17. The van der Waals surface area contributed by atoms with Crippen LogP contribution in [0.1, 0.15) is 42.1 Å². The van der Waals surface area contributed by atoms with Crippen molar-refractivity contribution in [1.29, 1.82) is 10.8 Å². The van der Waals surface area contributed by atoms with Gasteiger partial charge in [-0.25, -0.2) is 4.98 Å². The van der Waals surface area contributed by atoms with Gasteiger partial charge in [-0.1, -0.05) is 18.2 Å². The number of likely N-dealkylation sites (tertiary alicyclic amines) is 1. The van der Waals surface area contributed by atoms with Gasteiger partial charge in [0.05, 0.1) is 37.2 Å². The van der Waals surface area contributed by atoms with E-state index in [9.17, 15) is 9.59 Å². The van der Waals surface area contributed by atoms with Crippen molar-refractivity contribution < 1.29 is 14.3 Å². The second-order valence-corrected chi connectivity index (χ2v) is 11.1. The van der Waals surface area contributed by atoms with E-state index in [1.165, 1.54) is 12.7 Å². The second kappa shape index (κ2) is 13.2. The van der Waals surface area contributed by atoms with Crippen molar-refractivity contribution in [3.8, 4) is 0 Å². The highest BCUT2D eigenvalue weighted by Crippen LogP contribution is 2.26. The number of amides is 2. The monoisotopic (exact) mass is 597 g/mol. The smallest absolute Gasteiger partial charge is 0.237 e. The van der Waals surface area contributed by atoms with Gasteiger partial charge in [0.25, 0.3) is 0 Å². The summed E-state index contributed by atoms with van der Waals surface area (Å²) in [5.41, 5.74) is 10.6. The predicted octanol–water partition coefficient (Wildman–Crippen LogP) is 2.78. The number of aryl methyl sites for hydroxylation is 1. The molecule has 0 bridgehead atoms. The van der Waals surface area contributed by atoms with Crippen LogP contribution in [-0.4, -0.2) is 94.4 Å². The van der Waals surface area contributed by atoms with Crippen molar-refractivity contribution in [3.63, 3.8) is 0 Å². The van der Waals surface area contributed by atoms with Gasteiger partial charge in [-0.3, -0.25) is 34.9 Å². The molecular formula is C32H39N9O3. The summed E-state index contributed by atoms with van der Waals surface area (Å²) in [5, 5.41) is 20.5. The fourth-order valence-electron chi connectivity index (χ4n) is 5.73. The molecule has 12 heteroatoms. The van der Waals surface area contributed by atoms with Gasteiger partial charge in [-0.15, -0.1) is 0 Å². The van der Waals surface area contributed by atoms with Gasteiger partial charge in [0, 0.05) is 50.6 Å². The molecule has 2 aromatic heterocycles. The highest BCUT2D eigenvalue weighted by Gasteiger charge is 2.34. The predicted molar refractivity (Wildman–Crippen MR) is 170 cm³/mol. The molecule has 0 radical (unpaired) electrons. The average molecular weight is 598 g/mol. The molecule has 2 amide bonds. The van der Waals surface area contributed by atoms with Gasteiger partial charge in [0.2, 0.25) is 17.7 Å². The Morgan fingerprint density at radius 1 is 1.11 bits per heavy atom. The molecule has 0 saturated carbocycles. The summed E-state index contributed by atoms with van der Waals surface area (Å²) >= 11 is 0. The normalized spacial score (nSPS) is 16.8. The highest BCUT2D eigenvalue weighted by atomic mass is 16.5. The lowest BCUT2D eigenvalue weighted by atomic mass is 9.98. The van der Waals surface area contributed by atoms with E-state index in [1.807, 2.05) is 36.1 Å². The van der Waals surface area contributed by atoms with E-state index >= 15 is 0 Å². The largest absolute Gasteiger partial charge is 0.481 e. The van der Waals surface area contributed by atoms with Gasteiger partial charge >= 0.3 is 0 Å². The minimum atomic E-state index is -0.251. The van der Waals surface area contributed by atoms with Crippen LogP contribution in [0.5, 0.6) is 0 Å². The fraction of sp³-hybridized carbons (Fsp3) is 0.375. The Bertz CT molecular complexity index is 1590. The minimum Gasteiger partial charge on any atom is -0.481 e. The third-order valence-electron chi connectivity index (χ3n) is 8.27. The molecule has 5 rings (SSSR count). The molecule has 1 atom stereocenters. The number of hydrogen-bond donors (Lipinski definition) is 3. The number of benzene rings is 1. The fourth-order valence-corrected chi connectivity index (χ4v) is 5.73. The molecule has 44 heavy (non-hydrogen) atoms. The van der Waals surface area contributed by atoms with E-state index in [4.69, 9.17) is 21.3 Å². The number of methoxy groups -OCH3 is 1. The molecular weight excluding hydrogens is 558 g/mol. The van der Waals surface area contributed by atoms with Crippen molar-refractivity contribution in [2.24, 2.45) is 13.0 Å². The number of hydrogen-bond acceptors (Lipinski definition) is 9. The lowest BCUT2D eigenvalue weighted by Gasteiger charge is -2.29. The third-order valence-corrected chi connectivity index (χ3v) is 8.27. The van der Waals surface area contributed by atoms with Gasteiger partial charge in [-0.2, -0.15) is 5.10 Å². The van der Waals surface area contributed by atoms with Crippen LogP contribution >= 0.6 is 0 Å². The summed E-state index contributed by atoms with van der Waals surface area (Å²) < 4.78 is 6.60. The first kappa shape index (κ1) is 30.6. The molecule has 0 aliphatic carbocycles. The molecule has 12 nitrogen and oxygen atoms in total. The molecule has 4 N–H and O–H groups in total. The number of aromatic nitrogens is 3. The molecule has 4 heterocycles. The second-order valence-electron chi connectivity index (χ2n) is 11.1. The molecule has 0 unspecified atom stereocenters. The van der Waals surface area contributed by atoms with Crippen molar-refractivity contribution in [3.05, 3.63) is 77.3 Å². The zero-order chi connectivity index (χ0) is 31.4. The van der Waals surface area contributed by atoms with Crippen LogP contribution in [0.4, 0.5) is 11.5 Å². The topological polar surface area (TPSA) is 158 Å². The first-order chi connectivity index (χ1) is 21.2. The minimum absolute atomic E-state index is 0.0456. The van der Waals surface area contributed by atoms with Crippen LogP contribution in [0, 0.1) is 16.7 Å². The van der Waals surface area contributed by atoms with E-state index in [0.717, 1.165) is 17.5 Å². The Hall–Kier alpha value is -4.84. The number of carbonyl (C=O) groups is 2. The van der Waals surface area contributed by atoms with E-state index in [0.29, 0.717) is 61.9 Å². The van der Waals surface area contributed by atoms with Crippen LogP contribution < -0.4 is 10.6 Å². The van der Waals surface area contributed by atoms with Gasteiger partial charge in [-0.05, 0) is 61.7 Å². The Morgan fingerprint density at radius 2 is 1.89 bits per heavy atom. The quantitative estimate of drug-likeness (QED) is 0.253. The summed E-state index contributed by atoms with van der Waals surface area (Å²) in [6.45, 7) is 4.96. The molecule has 0 spiro atoms. The van der Waals surface area contributed by atoms with Crippen LogP contribution in [0.25, 0.3) is 5.57 Å². The number of carbonyl (C=O) groups excluding carboxylic acids is 2. The molecule has 230 valence electrons. The van der Waals surface area contributed by atoms with Crippen molar-refractivity contribution in [2.45, 2.75) is 19.8 Å². The van der Waals surface area contributed by atoms with Gasteiger partial charge in [0.1, 0.15) is 11.5 Å². The van der Waals surface area contributed by atoms with Crippen LogP contribution in [0.15, 0.2) is 54.9 Å². The van der Waals surface area contributed by atoms with Crippen LogP contribution in [-0.2, 0) is 21.4 Å². The molecule has 2 aliphatic heterocycles. The Kier molecular flexibility index (Phi) is 9.19. The first-order valence-electron chi connectivity index (χ1n) is 14.8. The number of nitrogens with one attached hydrogen (secondary N) is 2. The standard InChI is InChI=1S/C32H39N9O3/c1-4-41(27-10-9-26(33)30(37-27)29(34)25-17-36-38(2)18-25)32(43)24-11-14-39(19-24)20-28(42)40-15-12-22(13-16-40)21-5-7-23(8-6-21)31(35)44-3/h5-10,12,17-18,24,34-35H,4,11,13-16,19-20,33H2,1-3H3/t24-/m1/s1. The van der Waals surface area contributed by atoms with E-state index in [1.54, 1.807) is 41.2 Å². The summed E-state index contributed by atoms with van der Waals surface area (Å²) in [6, 6.07) is 11.1. The summed E-state index contributed by atoms with van der Waals surface area (Å²) in [5.74, 6) is 0.346. The maximum Gasteiger partial charge on any atom is 0.237 e. The highest BCUT2D eigenvalue weighted by molar-refractivity contribution is 6.12. The number of ether oxygens (including phenoxy) is 1. The number of anilines is 2. The number of nitrogens with two attached hydrogens (primary N) is 1. The maximum absolute atomic E-state index is 13.6. The maximum atomic E-state index is 13.6. The van der Waals surface area contributed by atoms with E-state index < -0.39 is 0 Å².